The van der Waals surface area contributed by atoms with Gasteiger partial charge in [-0.15, -0.1) is 23.1 Å². The van der Waals surface area contributed by atoms with Crippen LogP contribution in [0, 0.1) is 5.82 Å². The third-order valence-corrected chi connectivity index (χ3v) is 8.98. The summed E-state index contributed by atoms with van der Waals surface area (Å²) in [6.07, 6.45) is 8.64. The Kier molecular flexibility index (Phi) is 5.90. The first-order chi connectivity index (χ1) is 17.1. The molecule has 0 saturated carbocycles. The van der Waals surface area contributed by atoms with Crippen molar-refractivity contribution in [2.75, 3.05) is 11.6 Å². The summed E-state index contributed by atoms with van der Waals surface area (Å²) >= 11 is 3.49. The number of thiophene rings is 1. The zero-order valence-electron chi connectivity index (χ0n) is 19.5. The van der Waals surface area contributed by atoms with Crippen molar-refractivity contribution < 1.29 is 9.18 Å². The maximum absolute atomic E-state index is 14.4. The molecule has 178 valence electrons. The van der Waals surface area contributed by atoms with E-state index in [0.717, 1.165) is 34.7 Å². The fraction of sp³-hybridized carbons (Fsp3) is 0.250. The highest BCUT2D eigenvalue weighted by atomic mass is 32.2. The predicted octanol–water partition coefficient (Wildman–Crippen LogP) is 7.42. The standard InChI is InChI=1S/C28H26FN3OS2/c1-34-21-10-5-9-20(16-21)30-28(33)32-17-23-22-11-2-3-13-25(22)35-27(23)31-14-6-12-24(31)26(32)18-7-4-8-19(29)15-18/h4-10,12,14-16,26H,2-3,11,13,17H2,1H3,(H,30,33). The van der Waals surface area contributed by atoms with Crippen LogP contribution < -0.4 is 5.32 Å². The lowest BCUT2D eigenvalue weighted by atomic mass is 9.95. The number of benzene rings is 2. The maximum atomic E-state index is 14.4. The van der Waals surface area contributed by atoms with Gasteiger partial charge in [-0.25, -0.2) is 9.18 Å². The van der Waals surface area contributed by atoms with E-state index >= 15 is 0 Å². The Hall–Kier alpha value is -3.03. The van der Waals surface area contributed by atoms with E-state index < -0.39 is 6.04 Å². The van der Waals surface area contributed by atoms with E-state index in [0.29, 0.717) is 6.54 Å². The van der Waals surface area contributed by atoms with Crippen molar-refractivity contribution in [3.05, 3.63) is 99.9 Å². The van der Waals surface area contributed by atoms with Gasteiger partial charge in [0, 0.05) is 27.2 Å². The summed E-state index contributed by atoms with van der Waals surface area (Å²) in [6.45, 7) is 0.484. The average molecular weight is 504 g/mol. The lowest BCUT2D eigenvalue weighted by Gasteiger charge is -2.31. The minimum absolute atomic E-state index is 0.186. The van der Waals surface area contributed by atoms with E-state index in [1.807, 2.05) is 58.9 Å². The van der Waals surface area contributed by atoms with Gasteiger partial charge in [0.25, 0.3) is 0 Å². The molecule has 1 aliphatic heterocycles. The molecule has 0 saturated heterocycles. The number of nitrogens with zero attached hydrogens (tertiary/aromatic N) is 2. The molecule has 1 unspecified atom stereocenters. The normalized spacial score (nSPS) is 16.7. The summed E-state index contributed by atoms with van der Waals surface area (Å²) in [6, 6.07) is 18.0. The summed E-state index contributed by atoms with van der Waals surface area (Å²) in [5, 5.41) is 4.32. The molecule has 0 fully saturated rings. The SMILES string of the molecule is CSc1cccc(NC(=O)N2Cc3c(sc4c3CCCC4)-n3cccc3C2c2cccc(F)c2)c1. The van der Waals surface area contributed by atoms with Gasteiger partial charge in [0.15, 0.2) is 0 Å². The minimum atomic E-state index is -0.414. The van der Waals surface area contributed by atoms with Crippen molar-refractivity contribution in [3.8, 4) is 5.00 Å². The number of aryl methyl sites for hydroxylation is 1. The number of nitrogens with one attached hydrogen (secondary N) is 1. The zero-order valence-corrected chi connectivity index (χ0v) is 21.1. The molecule has 3 heterocycles. The van der Waals surface area contributed by atoms with Gasteiger partial charge < -0.3 is 14.8 Å². The van der Waals surface area contributed by atoms with Crippen molar-refractivity contribution in [2.24, 2.45) is 0 Å². The van der Waals surface area contributed by atoms with Gasteiger partial charge >= 0.3 is 6.03 Å². The third kappa shape index (κ3) is 4.06. The summed E-state index contributed by atoms with van der Waals surface area (Å²) in [5.41, 5.74) is 5.13. The Morgan fingerprint density at radius 2 is 1.91 bits per heavy atom. The Balaban J connectivity index is 1.49. The largest absolute Gasteiger partial charge is 0.322 e. The second-order valence-corrected chi connectivity index (χ2v) is 11.0. The van der Waals surface area contributed by atoms with E-state index in [1.165, 1.54) is 39.9 Å². The number of urea groups is 1. The molecule has 0 spiro atoms. The monoisotopic (exact) mass is 503 g/mol. The molecule has 1 aliphatic carbocycles. The molecule has 2 amide bonds. The molecule has 4 aromatic rings. The second kappa shape index (κ2) is 9.21. The maximum Gasteiger partial charge on any atom is 0.322 e. The van der Waals surface area contributed by atoms with Crippen LogP contribution in [0.15, 0.2) is 71.8 Å². The highest BCUT2D eigenvalue weighted by Gasteiger charge is 2.36. The minimum Gasteiger partial charge on any atom is -0.310 e. The molecule has 0 radical (unpaired) electrons. The molecule has 7 heteroatoms. The Morgan fingerprint density at radius 1 is 1.06 bits per heavy atom. The fourth-order valence-corrected chi connectivity index (χ4v) is 7.17. The number of carbonyl (C=O) groups is 1. The molecule has 1 atom stereocenters. The number of thioether (sulfide) groups is 1. The highest BCUT2D eigenvalue weighted by molar-refractivity contribution is 7.98. The summed E-state index contributed by atoms with van der Waals surface area (Å²) < 4.78 is 16.6. The quantitative estimate of drug-likeness (QED) is 0.296. The van der Waals surface area contributed by atoms with Crippen molar-refractivity contribution in [1.29, 1.82) is 0 Å². The Bertz CT molecular complexity index is 1410. The number of aromatic nitrogens is 1. The van der Waals surface area contributed by atoms with Gasteiger partial charge in [-0.3, -0.25) is 0 Å². The van der Waals surface area contributed by atoms with Gasteiger partial charge in [0.05, 0.1) is 18.3 Å². The number of carbonyl (C=O) groups excluding carboxylic acids is 1. The van der Waals surface area contributed by atoms with E-state index in [9.17, 15) is 9.18 Å². The number of anilines is 1. The van der Waals surface area contributed by atoms with Crippen LogP contribution in [0.25, 0.3) is 5.00 Å². The van der Waals surface area contributed by atoms with Crippen LogP contribution in [0.1, 0.15) is 46.1 Å². The number of halogens is 1. The molecule has 1 N–H and O–H groups in total. The lowest BCUT2D eigenvalue weighted by molar-refractivity contribution is 0.194. The fourth-order valence-electron chi connectivity index (χ4n) is 5.31. The first kappa shape index (κ1) is 22.4. The lowest BCUT2D eigenvalue weighted by Crippen LogP contribution is -2.38. The smallest absolute Gasteiger partial charge is 0.310 e. The first-order valence-corrected chi connectivity index (χ1v) is 13.9. The van der Waals surface area contributed by atoms with Crippen LogP contribution in [0.2, 0.25) is 0 Å². The zero-order chi connectivity index (χ0) is 23.9. The van der Waals surface area contributed by atoms with Gasteiger partial charge in [-0.05, 0) is 85.5 Å². The Labute approximate surface area is 212 Å². The van der Waals surface area contributed by atoms with E-state index in [2.05, 4.69) is 22.1 Å². The number of hydrogen-bond acceptors (Lipinski definition) is 3. The summed E-state index contributed by atoms with van der Waals surface area (Å²) in [5.74, 6) is -0.301. The predicted molar refractivity (Wildman–Crippen MR) is 141 cm³/mol. The molecule has 2 aromatic carbocycles. The summed E-state index contributed by atoms with van der Waals surface area (Å²) in [4.78, 5) is 18.3. The first-order valence-electron chi connectivity index (χ1n) is 11.9. The van der Waals surface area contributed by atoms with E-state index in [1.54, 1.807) is 23.9 Å². The van der Waals surface area contributed by atoms with Crippen molar-refractivity contribution in [2.45, 2.75) is 43.2 Å². The molecular formula is C28H26FN3OS2. The van der Waals surface area contributed by atoms with Crippen molar-refractivity contribution >= 4 is 34.8 Å². The molecule has 6 rings (SSSR count). The molecule has 0 bridgehead atoms. The third-order valence-electron chi connectivity index (χ3n) is 6.93. The topological polar surface area (TPSA) is 37.3 Å². The van der Waals surface area contributed by atoms with Crippen LogP contribution in [-0.2, 0) is 19.4 Å². The molecule has 35 heavy (non-hydrogen) atoms. The van der Waals surface area contributed by atoms with Crippen LogP contribution in [-0.4, -0.2) is 21.8 Å². The molecule has 4 nitrogen and oxygen atoms in total. The van der Waals surface area contributed by atoms with Gasteiger partial charge in [-0.1, -0.05) is 18.2 Å². The molecule has 2 aromatic heterocycles. The summed E-state index contributed by atoms with van der Waals surface area (Å²) in [7, 11) is 0. The van der Waals surface area contributed by atoms with Crippen LogP contribution in [0.4, 0.5) is 14.9 Å². The van der Waals surface area contributed by atoms with Gasteiger partial charge in [-0.2, -0.15) is 0 Å². The molecule has 2 aliphatic rings. The Morgan fingerprint density at radius 3 is 2.77 bits per heavy atom. The van der Waals surface area contributed by atoms with Crippen LogP contribution in [0.5, 0.6) is 0 Å². The van der Waals surface area contributed by atoms with Crippen LogP contribution >= 0.6 is 23.1 Å². The average Bonchev–Trinajstić information content (AvgIpc) is 3.46. The van der Waals surface area contributed by atoms with E-state index in [4.69, 9.17) is 0 Å². The second-order valence-electron chi connectivity index (χ2n) is 9.05. The number of hydrogen-bond donors (Lipinski definition) is 1. The molecular weight excluding hydrogens is 477 g/mol. The van der Waals surface area contributed by atoms with Crippen molar-refractivity contribution in [3.63, 3.8) is 0 Å². The highest BCUT2D eigenvalue weighted by Crippen LogP contribution is 2.44. The van der Waals surface area contributed by atoms with Crippen molar-refractivity contribution in [1.82, 2.24) is 9.47 Å². The van der Waals surface area contributed by atoms with E-state index in [-0.39, 0.29) is 11.8 Å². The number of rotatable bonds is 3. The number of fused-ring (bicyclic) bond motifs is 5. The van der Waals surface area contributed by atoms with Gasteiger partial charge in [0.2, 0.25) is 0 Å². The van der Waals surface area contributed by atoms with Crippen LogP contribution in [0.3, 0.4) is 0 Å². The number of amides is 2. The van der Waals surface area contributed by atoms with Gasteiger partial charge in [0.1, 0.15) is 10.8 Å².